The van der Waals surface area contributed by atoms with Gasteiger partial charge in [-0.05, 0) is 42.9 Å². The molecule has 8 nitrogen and oxygen atoms in total. The van der Waals surface area contributed by atoms with Gasteiger partial charge in [-0.25, -0.2) is 0 Å². The number of rotatable bonds is 8. The third-order valence-corrected chi connectivity index (χ3v) is 5.61. The predicted octanol–water partition coefficient (Wildman–Crippen LogP) is 1.87. The molecule has 0 radical (unpaired) electrons. The van der Waals surface area contributed by atoms with Crippen LogP contribution < -0.4 is 10.1 Å². The van der Waals surface area contributed by atoms with Crippen LogP contribution in [0.3, 0.4) is 0 Å². The topological polar surface area (TPSA) is 71.9 Å². The highest BCUT2D eigenvalue weighted by molar-refractivity contribution is 7.80. The average molecular weight is 442 g/mol. The fraction of sp³-hybridized carbons (Fsp3) is 0.409. The maximum Gasteiger partial charge on any atom is 0.276 e. The first-order valence-corrected chi connectivity index (χ1v) is 10.9. The van der Waals surface area contributed by atoms with Gasteiger partial charge < -0.3 is 14.8 Å². The third kappa shape index (κ3) is 5.49. The molecule has 2 fully saturated rings. The van der Waals surface area contributed by atoms with Gasteiger partial charge >= 0.3 is 0 Å². The van der Waals surface area contributed by atoms with E-state index in [1.807, 2.05) is 48.1 Å². The van der Waals surface area contributed by atoms with Crippen LogP contribution in [0.2, 0.25) is 0 Å². The summed E-state index contributed by atoms with van der Waals surface area (Å²) in [6, 6.07) is 7.70. The van der Waals surface area contributed by atoms with E-state index in [1.54, 1.807) is 11.1 Å². The molecular weight excluding hydrogens is 414 g/mol. The highest BCUT2D eigenvalue weighted by Gasteiger charge is 2.30. The van der Waals surface area contributed by atoms with E-state index in [0.29, 0.717) is 24.0 Å². The lowest BCUT2D eigenvalue weighted by Gasteiger charge is -2.26. The molecule has 0 saturated carbocycles. The van der Waals surface area contributed by atoms with Gasteiger partial charge in [-0.3, -0.25) is 19.3 Å². The molecule has 0 unspecified atom stereocenters. The Morgan fingerprint density at radius 2 is 2.03 bits per heavy atom. The van der Waals surface area contributed by atoms with E-state index in [4.69, 9.17) is 21.7 Å². The zero-order valence-electron chi connectivity index (χ0n) is 17.6. The normalized spacial score (nSPS) is 18.6. The van der Waals surface area contributed by atoms with Crippen LogP contribution in [0.5, 0.6) is 5.75 Å². The molecule has 1 aromatic carbocycles. The number of benzene rings is 1. The van der Waals surface area contributed by atoms with Crippen molar-refractivity contribution in [1.82, 2.24) is 24.9 Å². The van der Waals surface area contributed by atoms with Crippen molar-refractivity contribution in [2.45, 2.75) is 20.0 Å². The number of nitrogens with zero attached hydrogens (tertiary/aromatic N) is 4. The van der Waals surface area contributed by atoms with Crippen molar-refractivity contribution >= 4 is 29.3 Å². The minimum Gasteiger partial charge on any atom is -0.492 e. The molecule has 31 heavy (non-hydrogen) atoms. The lowest BCUT2D eigenvalue weighted by Crippen LogP contribution is -2.38. The fourth-order valence-corrected chi connectivity index (χ4v) is 3.76. The van der Waals surface area contributed by atoms with E-state index in [2.05, 4.69) is 15.3 Å². The van der Waals surface area contributed by atoms with Crippen LogP contribution in [-0.2, 0) is 22.6 Å². The molecule has 4 rings (SSSR count). The maximum absolute atomic E-state index is 12.8. The lowest BCUT2D eigenvalue weighted by molar-refractivity contribution is -0.122. The molecule has 0 atom stereocenters. The average Bonchev–Trinajstić information content (AvgIpc) is 3.36. The summed E-state index contributed by atoms with van der Waals surface area (Å²) in [5, 5.41) is 7.68. The molecule has 1 aromatic heterocycles. The van der Waals surface area contributed by atoms with Crippen LogP contribution in [0.15, 0.2) is 42.4 Å². The second-order valence-electron chi connectivity index (χ2n) is 7.46. The number of morpholine rings is 1. The highest BCUT2D eigenvalue weighted by Crippen LogP contribution is 2.19. The van der Waals surface area contributed by atoms with Gasteiger partial charge in [0.05, 0.1) is 26.0 Å². The Morgan fingerprint density at radius 1 is 1.26 bits per heavy atom. The SMILES string of the molecule is CCn1cc(CN2C(=O)C(=Cc3ccc(OCCN4CCOCC4)cc3)NC2=S)cn1. The van der Waals surface area contributed by atoms with Crippen LogP contribution in [-0.4, -0.2) is 70.1 Å². The van der Waals surface area contributed by atoms with E-state index < -0.39 is 0 Å². The zero-order chi connectivity index (χ0) is 21.6. The first kappa shape index (κ1) is 21.5. The molecule has 0 bridgehead atoms. The maximum atomic E-state index is 12.8. The quantitative estimate of drug-likeness (QED) is 0.495. The summed E-state index contributed by atoms with van der Waals surface area (Å²) in [6.45, 7) is 8.22. The van der Waals surface area contributed by atoms with Crippen molar-refractivity contribution in [1.29, 1.82) is 0 Å². The first-order chi connectivity index (χ1) is 15.1. The lowest BCUT2D eigenvalue weighted by atomic mass is 10.2. The second kappa shape index (κ2) is 10.0. The Morgan fingerprint density at radius 3 is 2.74 bits per heavy atom. The van der Waals surface area contributed by atoms with E-state index >= 15 is 0 Å². The molecule has 2 aliphatic rings. The highest BCUT2D eigenvalue weighted by atomic mass is 32.1. The van der Waals surface area contributed by atoms with E-state index in [-0.39, 0.29) is 5.91 Å². The van der Waals surface area contributed by atoms with Crippen molar-refractivity contribution in [3.05, 3.63) is 53.5 Å². The van der Waals surface area contributed by atoms with E-state index in [0.717, 1.165) is 56.3 Å². The molecule has 2 aromatic rings. The summed E-state index contributed by atoms with van der Waals surface area (Å²) < 4.78 is 13.0. The van der Waals surface area contributed by atoms with E-state index in [9.17, 15) is 4.79 Å². The number of ether oxygens (including phenoxy) is 2. The standard InChI is InChI=1S/C22H27N5O3S/c1-2-26-15-18(14-23-26)16-27-21(28)20(24-22(27)31)13-17-3-5-19(6-4-17)30-12-9-25-7-10-29-11-8-25/h3-6,13-15H,2,7-12,16H2,1H3,(H,24,31). The summed E-state index contributed by atoms with van der Waals surface area (Å²) in [6.07, 6.45) is 5.50. The smallest absolute Gasteiger partial charge is 0.276 e. The van der Waals surface area contributed by atoms with Crippen molar-refractivity contribution in [3.8, 4) is 5.75 Å². The number of aromatic nitrogens is 2. The summed E-state index contributed by atoms with van der Waals surface area (Å²) in [5.41, 5.74) is 2.31. The predicted molar refractivity (Wildman–Crippen MR) is 121 cm³/mol. The van der Waals surface area contributed by atoms with Crippen LogP contribution in [0.1, 0.15) is 18.1 Å². The Balaban J connectivity index is 1.32. The number of nitrogens with one attached hydrogen (secondary N) is 1. The first-order valence-electron chi connectivity index (χ1n) is 10.5. The molecule has 1 amide bonds. The van der Waals surface area contributed by atoms with Crippen molar-refractivity contribution < 1.29 is 14.3 Å². The minimum atomic E-state index is -0.139. The third-order valence-electron chi connectivity index (χ3n) is 5.28. The zero-order valence-corrected chi connectivity index (χ0v) is 18.4. The van der Waals surface area contributed by atoms with Crippen LogP contribution in [0.4, 0.5) is 0 Å². The fourth-order valence-electron chi connectivity index (χ4n) is 3.50. The van der Waals surface area contributed by atoms with Crippen molar-refractivity contribution in [3.63, 3.8) is 0 Å². The molecule has 2 aliphatic heterocycles. The van der Waals surface area contributed by atoms with E-state index in [1.165, 1.54) is 0 Å². The molecule has 1 N–H and O–H groups in total. The Labute approximate surface area is 187 Å². The molecule has 3 heterocycles. The summed E-state index contributed by atoms with van der Waals surface area (Å²) in [7, 11) is 0. The molecule has 9 heteroatoms. The number of aryl methyl sites for hydroxylation is 1. The molecule has 164 valence electrons. The minimum absolute atomic E-state index is 0.139. The Kier molecular flexibility index (Phi) is 6.96. The van der Waals surface area contributed by atoms with Crippen molar-refractivity contribution in [2.75, 3.05) is 39.5 Å². The second-order valence-corrected chi connectivity index (χ2v) is 7.84. The van der Waals surface area contributed by atoms with Crippen LogP contribution in [0, 0.1) is 0 Å². The monoisotopic (exact) mass is 441 g/mol. The number of carbonyl (C=O) groups excluding carboxylic acids is 1. The summed E-state index contributed by atoms with van der Waals surface area (Å²) >= 11 is 5.36. The number of hydrogen-bond donors (Lipinski definition) is 1. The van der Waals surface area contributed by atoms with Gasteiger partial charge in [0.2, 0.25) is 0 Å². The largest absolute Gasteiger partial charge is 0.492 e. The van der Waals surface area contributed by atoms with Gasteiger partial charge in [0, 0.05) is 37.9 Å². The van der Waals surface area contributed by atoms with Crippen LogP contribution >= 0.6 is 12.2 Å². The van der Waals surface area contributed by atoms with Gasteiger partial charge in [-0.2, -0.15) is 5.10 Å². The van der Waals surface area contributed by atoms with Gasteiger partial charge in [0.15, 0.2) is 5.11 Å². The number of hydrogen-bond acceptors (Lipinski definition) is 6. The van der Waals surface area contributed by atoms with Crippen LogP contribution in [0.25, 0.3) is 6.08 Å². The summed E-state index contributed by atoms with van der Waals surface area (Å²) in [4.78, 5) is 16.7. The molecule has 2 saturated heterocycles. The number of thiocarbonyl (C=S) groups is 1. The van der Waals surface area contributed by atoms with Gasteiger partial charge in [-0.15, -0.1) is 0 Å². The molecular formula is C22H27N5O3S. The molecule has 0 spiro atoms. The Hall–Kier alpha value is -2.75. The number of carbonyl (C=O) groups is 1. The van der Waals surface area contributed by atoms with Gasteiger partial charge in [0.25, 0.3) is 5.91 Å². The van der Waals surface area contributed by atoms with Crippen molar-refractivity contribution in [2.24, 2.45) is 0 Å². The summed E-state index contributed by atoms with van der Waals surface area (Å²) in [5.74, 6) is 0.672. The van der Waals surface area contributed by atoms with Gasteiger partial charge in [-0.1, -0.05) is 12.1 Å². The molecule has 0 aliphatic carbocycles. The van der Waals surface area contributed by atoms with Gasteiger partial charge in [0.1, 0.15) is 18.1 Å². The Bertz CT molecular complexity index is 950. The number of amides is 1.